The van der Waals surface area contributed by atoms with Crippen molar-refractivity contribution >= 4 is 5.95 Å². The fraction of sp³-hybridized carbons (Fsp3) is 0.286. The van der Waals surface area contributed by atoms with E-state index in [2.05, 4.69) is 15.3 Å². The van der Waals surface area contributed by atoms with Gasteiger partial charge in [-0.15, -0.1) is 0 Å². The Morgan fingerprint density at radius 2 is 1.95 bits per heavy atom. The van der Waals surface area contributed by atoms with Crippen molar-refractivity contribution in [2.45, 2.75) is 13.1 Å². The molecule has 0 spiro atoms. The monoisotopic (exact) mass is 260 g/mol. The minimum atomic E-state index is -0.179. The molecule has 0 fully saturated rings. The standard InChI is InChI=1S/C14H17FN4/c1-19(2)10-12-5-4-11(8-13(12)15)9-18-14-16-6-3-7-17-14/h3-8H,9-10H2,1-2H3,(H,16,17,18). The first kappa shape index (κ1) is 13.4. The Labute approximate surface area is 112 Å². The summed E-state index contributed by atoms with van der Waals surface area (Å²) in [7, 11) is 3.84. The quantitative estimate of drug-likeness (QED) is 0.895. The number of hydrogen-bond donors (Lipinski definition) is 1. The first-order valence-corrected chi connectivity index (χ1v) is 6.08. The van der Waals surface area contributed by atoms with E-state index in [1.807, 2.05) is 31.1 Å². The maximum absolute atomic E-state index is 13.9. The molecule has 19 heavy (non-hydrogen) atoms. The van der Waals surface area contributed by atoms with Crippen molar-refractivity contribution in [1.82, 2.24) is 14.9 Å². The zero-order valence-electron chi connectivity index (χ0n) is 11.1. The molecule has 1 aromatic carbocycles. The van der Waals surface area contributed by atoms with E-state index >= 15 is 0 Å². The van der Waals surface area contributed by atoms with Crippen molar-refractivity contribution in [3.8, 4) is 0 Å². The van der Waals surface area contributed by atoms with Gasteiger partial charge >= 0.3 is 0 Å². The van der Waals surface area contributed by atoms with Crippen LogP contribution in [-0.4, -0.2) is 29.0 Å². The van der Waals surface area contributed by atoms with Crippen LogP contribution in [0.25, 0.3) is 0 Å². The molecule has 5 heteroatoms. The molecule has 4 nitrogen and oxygen atoms in total. The Kier molecular flexibility index (Phi) is 4.41. The van der Waals surface area contributed by atoms with Crippen molar-refractivity contribution in [2.24, 2.45) is 0 Å². The van der Waals surface area contributed by atoms with E-state index in [0.717, 1.165) is 5.56 Å². The van der Waals surface area contributed by atoms with Gasteiger partial charge in [0.2, 0.25) is 5.95 Å². The van der Waals surface area contributed by atoms with E-state index in [9.17, 15) is 4.39 Å². The van der Waals surface area contributed by atoms with Crippen LogP contribution in [0.4, 0.5) is 10.3 Å². The summed E-state index contributed by atoms with van der Waals surface area (Å²) in [4.78, 5) is 10.0. The van der Waals surface area contributed by atoms with Crippen molar-refractivity contribution in [3.63, 3.8) is 0 Å². The van der Waals surface area contributed by atoms with Crippen molar-refractivity contribution < 1.29 is 4.39 Å². The fourth-order valence-electron chi connectivity index (χ4n) is 1.74. The number of nitrogens with zero attached hydrogens (tertiary/aromatic N) is 3. The highest BCUT2D eigenvalue weighted by Crippen LogP contribution is 2.12. The number of hydrogen-bond acceptors (Lipinski definition) is 4. The summed E-state index contributed by atoms with van der Waals surface area (Å²) in [6.45, 7) is 1.10. The Balaban J connectivity index is 2.00. The highest BCUT2D eigenvalue weighted by Gasteiger charge is 2.05. The summed E-state index contributed by atoms with van der Waals surface area (Å²) in [5.74, 6) is 0.363. The van der Waals surface area contributed by atoms with Gasteiger partial charge < -0.3 is 10.2 Å². The molecule has 0 saturated carbocycles. The molecule has 100 valence electrons. The molecule has 0 unspecified atom stereocenters. The lowest BCUT2D eigenvalue weighted by molar-refractivity contribution is 0.392. The first-order valence-electron chi connectivity index (χ1n) is 6.08. The molecular formula is C14H17FN4. The predicted octanol–water partition coefficient (Wildman–Crippen LogP) is 2.29. The lowest BCUT2D eigenvalue weighted by Gasteiger charge is -2.11. The number of nitrogens with one attached hydrogen (secondary N) is 1. The third-order valence-electron chi connectivity index (χ3n) is 2.62. The van der Waals surface area contributed by atoms with Gasteiger partial charge in [-0.1, -0.05) is 12.1 Å². The normalized spacial score (nSPS) is 10.7. The average Bonchev–Trinajstić information content (AvgIpc) is 2.40. The van der Waals surface area contributed by atoms with E-state index in [-0.39, 0.29) is 5.82 Å². The molecule has 2 aromatic rings. The molecule has 0 atom stereocenters. The summed E-state index contributed by atoms with van der Waals surface area (Å²) in [5.41, 5.74) is 1.57. The van der Waals surface area contributed by atoms with Crippen LogP contribution >= 0.6 is 0 Å². The topological polar surface area (TPSA) is 41.0 Å². The number of rotatable bonds is 5. The van der Waals surface area contributed by atoms with Gasteiger partial charge in [-0.3, -0.25) is 0 Å². The molecule has 0 radical (unpaired) electrons. The van der Waals surface area contributed by atoms with Crippen LogP contribution in [0.1, 0.15) is 11.1 Å². The van der Waals surface area contributed by atoms with Gasteiger partial charge in [-0.2, -0.15) is 0 Å². The predicted molar refractivity (Wildman–Crippen MR) is 73.1 cm³/mol. The number of aromatic nitrogens is 2. The van der Waals surface area contributed by atoms with Gasteiger partial charge in [0.1, 0.15) is 5.82 Å². The van der Waals surface area contributed by atoms with E-state index in [1.165, 1.54) is 0 Å². The number of anilines is 1. The number of benzene rings is 1. The molecule has 0 saturated heterocycles. The van der Waals surface area contributed by atoms with Gasteiger partial charge in [0.25, 0.3) is 0 Å². The Bertz CT molecular complexity index is 528. The molecule has 1 N–H and O–H groups in total. The summed E-state index contributed by atoms with van der Waals surface area (Å²) in [6, 6.07) is 7.03. The smallest absolute Gasteiger partial charge is 0.222 e. The molecule has 2 rings (SSSR count). The molecule has 0 aliphatic carbocycles. The fourth-order valence-corrected chi connectivity index (χ4v) is 1.74. The van der Waals surface area contributed by atoms with Crippen LogP contribution in [0, 0.1) is 5.82 Å². The Hall–Kier alpha value is -2.01. The van der Waals surface area contributed by atoms with Gasteiger partial charge in [0.15, 0.2) is 0 Å². The van der Waals surface area contributed by atoms with Crippen molar-refractivity contribution in [1.29, 1.82) is 0 Å². The zero-order chi connectivity index (χ0) is 13.7. The molecule has 1 aromatic heterocycles. The molecule has 0 aliphatic heterocycles. The second-order valence-electron chi connectivity index (χ2n) is 4.59. The van der Waals surface area contributed by atoms with E-state index in [0.29, 0.717) is 24.6 Å². The first-order chi connectivity index (χ1) is 9.15. The van der Waals surface area contributed by atoms with Crippen molar-refractivity contribution in [3.05, 3.63) is 53.6 Å². The molecule has 0 aliphatic rings. The summed E-state index contributed by atoms with van der Waals surface area (Å²) in [5, 5.41) is 3.05. The SMILES string of the molecule is CN(C)Cc1ccc(CNc2ncccn2)cc1F. The lowest BCUT2D eigenvalue weighted by atomic mass is 10.1. The Morgan fingerprint density at radius 1 is 1.21 bits per heavy atom. The number of halogens is 1. The summed E-state index contributed by atoms with van der Waals surface area (Å²) < 4.78 is 13.9. The van der Waals surface area contributed by atoms with E-state index in [4.69, 9.17) is 0 Å². The summed E-state index contributed by atoms with van der Waals surface area (Å²) >= 11 is 0. The second-order valence-corrected chi connectivity index (χ2v) is 4.59. The van der Waals surface area contributed by atoms with Gasteiger partial charge in [-0.25, -0.2) is 14.4 Å². The van der Waals surface area contributed by atoms with Crippen LogP contribution in [0.3, 0.4) is 0 Å². The third-order valence-corrected chi connectivity index (χ3v) is 2.62. The highest BCUT2D eigenvalue weighted by atomic mass is 19.1. The molecule has 0 amide bonds. The van der Waals surface area contributed by atoms with Crippen LogP contribution in [-0.2, 0) is 13.1 Å². The molecule has 1 heterocycles. The Morgan fingerprint density at radius 3 is 2.58 bits per heavy atom. The molecular weight excluding hydrogens is 243 g/mol. The minimum Gasteiger partial charge on any atom is -0.350 e. The maximum atomic E-state index is 13.9. The van der Waals surface area contributed by atoms with Gasteiger partial charge in [0, 0.05) is 31.0 Å². The van der Waals surface area contributed by atoms with E-state index < -0.39 is 0 Å². The van der Waals surface area contributed by atoms with Crippen LogP contribution in [0.5, 0.6) is 0 Å². The summed E-state index contributed by atoms with van der Waals surface area (Å²) in [6.07, 6.45) is 3.33. The van der Waals surface area contributed by atoms with Crippen LogP contribution in [0.2, 0.25) is 0 Å². The lowest BCUT2D eigenvalue weighted by Crippen LogP contribution is -2.12. The second kappa shape index (κ2) is 6.24. The largest absolute Gasteiger partial charge is 0.350 e. The van der Waals surface area contributed by atoms with E-state index in [1.54, 1.807) is 24.5 Å². The van der Waals surface area contributed by atoms with Crippen LogP contribution < -0.4 is 5.32 Å². The minimum absolute atomic E-state index is 0.179. The van der Waals surface area contributed by atoms with Crippen molar-refractivity contribution in [2.75, 3.05) is 19.4 Å². The zero-order valence-corrected chi connectivity index (χ0v) is 11.1. The molecule has 0 bridgehead atoms. The van der Waals surface area contributed by atoms with Gasteiger partial charge in [-0.05, 0) is 31.8 Å². The third kappa shape index (κ3) is 3.99. The maximum Gasteiger partial charge on any atom is 0.222 e. The van der Waals surface area contributed by atoms with Gasteiger partial charge in [0.05, 0.1) is 0 Å². The average molecular weight is 260 g/mol. The highest BCUT2D eigenvalue weighted by molar-refractivity contribution is 5.29. The van der Waals surface area contributed by atoms with Crippen LogP contribution in [0.15, 0.2) is 36.7 Å².